The van der Waals surface area contributed by atoms with Gasteiger partial charge in [0.15, 0.2) is 0 Å². The van der Waals surface area contributed by atoms with Crippen LogP contribution in [0.15, 0.2) is 0 Å². The third-order valence-electron chi connectivity index (χ3n) is 2.62. The zero-order valence-electron chi connectivity index (χ0n) is 9.87. The number of aliphatic carboxylic acids is 1. The van der Waals surface area contributed by atoms with Gasteiger partial charge >= 0.3 is 18.1 Å². The molecule has 0 aliphatic heterocycles. The fourth-order valence-electron chi connectivity index (χ4n) is 1.65. The predicted molar refractivity (Wildman–Crippen MR) is 55.6 cm³/mol. The Morgan fingerprint density at radius 1 is 1.33 bits per heavy atom. The van der Waals surface area contributed by atoms with Crippen molar-refractivity contribution in [2.75, 3.05) is 7.11 Å². The molecule has 0 spiro atoms. The van der Waals surface area contributed by atoms with Crippen LogP contribution in [0.4, 0.5) is 13.2 Å². The van der Waals surface area contributed by atoms with Crippen LogP contribution in [0.1, 0.15) is 25.7 Å². The molecule has 8 heteroatoms. The minimum atomic E-state index is -5.08. The molecule has 0 unspecified atom stereocenters. The normalized spacial score (nSPS) is 17.6. The maximum Gasteiger partial charge on any atom is 0.490 e. The van der Waals surface area contributed by atoms with E-state index in [0.717, 1.165) is 12.8 Å². The fraction of sp³-hybridized carbons (Fsp3) is 0.800. The molecule has 1 atom stereocenters. The van der Waals surface area contributed by atoms with Gasteiger partial charge in [-0.15, -0.1) is 0 Å². The Bertz CT molecular complexity index is 287. The SMILES string of the molecule is COC(=O)[C@@H](N)C1CCCC1.O=C(O)C(F)(F)F. The van der Waals surface area contributed by atoms with Crippen molar-refractivity contribution in [3.8, 4) is 0 Å². The first-order valence-electron chi connectivity index (χ1n) is 5.33. The van der Waals surface area contributed by atoms with Gasteiger partial charge < -0.3 is 15.6 Å². The second kappa shape index (κ2) is 7.20. The number of carboxylic acids is 1. The molecule has 1 saturated carbocycles. The van der Waals surface area contributed by atoms with Crippen molar-refractivity contribution in [1.29, 1.82) is 0 Å². The van der Waals surface area contributed by atoms with Crippen molar-refractivity contribution in [2.45, 2.75) is 37.9 Å². The first kappa shape index (κ1) is 16.7. The average molecular weight is 271 g/mol. The van der Waals surface area contributed by atoms with Gasteiger partial charge in [0, 0.05) is 0 Å². The second-order valence-corrected chi connectivity index (χ2v) is 3.90. The smallest absolute Gasteiger partial charge is 0.475 e. The van der Waals surface area contributed by atoms with Gasteiger partial charge in [-0.25, -0.2) is 4.79 Å². The molecule has 0 radical (unpaired) electrons. The summed E-state index contributed by atoms with van der Waals surface area (Å²) < 4.78 is 36.3. The molecule has 0 heterocycles. The molecular weight excluding hydrogens is 255 g/mol. The molecule has 3 N–H and O–H groups in total. The highest BCUT2D eigenvalue weighted by atomic mass is 19.4. The Morgan fingerprint density at radius 3 is 2.00 bits per heavy atom. The van der Waals surface area contributed by atoms with Crippen LogP contribution in [-0.2, 0) is 14.3 Å². The summed E-state index contributed by atoms with van der Waals surface area (Å²) in [5.74, 6) is -2.66. The van der Waals surface area contributed by atoms with Crippen molar-refractivity contribution in [2.24, 2.45) is 11.7 Å². The van der Waals surface area contributed by atoms with E-state index in [-0.39, 0.29) is 12.0 Å². The number of esters is 1. The van der Waals surface area contributed by atoms with Crippen molar-refractivity contribution in [3.63, 3.8) is 0 Å². The van der Waals surface area contributed by atoms with E-state index >= 15 is 0 Å². The quantitative estimate of drug-likeness (QED) is 0.739. The van der Waals surface area contributed by atoms with E-state index in [4.69, 9.17) is 15.6 Å². The number of halogens is 3. The molecule has 0 aromatic rings. The van der Waals surface area contributed by atoms with E-state index in [0.29, 0.717) is 5.92 Å². The number of nitrogens with two attached hydrogens (primary N) is 1. The second-order valence-electron chi connectivity index (χ2n) is 3.90. The molecule has 18 heavy (non-hydrogen) atoms. The number of carbonyl (C=O) groups excluding carboxylic acids is 1. The van der Waals surface area contributed by atoms with Crippen LogP contribution in [0.2, 0.25) is 0 Å². The Kier molecular flexibility index (Phi) is 6.67. The lowest BCUT2D eigenvalue weighted by molar-refractivity contribution is -0.192. The lowest BCUT2D eigenvalue weighted by Gasteiger charge is -2.15. The van der Waals surface area contributed by atoms with Crippen LogP contribution in [0.3, 0.4) is 0 Å². The Balaban J connectivity index is 0.000000360. The van der Waals surface area contributed by atoms with E-state index in [2.05, 4.69) is 4.74 Å². The molecule has 1 rings (SSSR count). The van der Waals surface area contributed by atoms with Crippen LogP contribution in [0.5, 0.6) is 0 Å². The number of alkyl halides is 3. The molecule has 0 bridgehead atoms. The Labute approximate surface area is 102 Å². The van der Waals surface area contributed by atoms with E-state index < -0.39 is 12.1 Å². The third kappa shape index (κ3) is 5.85. The minimum absolute atomic E-state index is 0.267. The summed E-state index contributed by atoms with van der Waals surface area (Å²) >= 11 is 0. The van der Waals surface area contributed by atoms with E-state index in [1.165, 1.54) is 20.0 Å². The average Bonchev–Trinajstić information content (AvgIpc) is 2.80. The van der Waals surface area contributed by atoms with Crippen molar-refractivity contribution in [3.05, 3.63) is 0 Å². The monoisotopic (exact) mass is 271 g/mol. The number of carbonyl (C=O) groups is 2. The molecular formula is C10H16F3NO4. The van der Waals surface area contributed by atoms with Crippen molar-refractivity contribution in [1.82, 2.24) is 0 Å². The van der Waals surface area contributed by atoms with Gasteiger partial charge in [0.25, 0.3) is 0 Å². The summed E-state index contributed by atoms with van der Waals surface area (Å²) in [6, 6.07) is -0.387. The largest absolute Gasteiger partial charge is 0.490 e. The van der Waals surface area contributed by atoms with Crippen LogP contribution < -0.4 is 5.73 Å². The lowest BCUT2D eigenvalue weighted by atomic mass is 9.99. The molecule has 1 aliphatic carbocycles. The highest BCUT2D eigenvalue weighted by molar-refractivity contribution is 5.75. The molecule has 1 aliphatic rings. The lowest BCUT2D eigenvalue weighted by Crippen LogP contribution is -2.37. The van der Waals surface area contributed by atoms with E-state index in [1.807, 2.05) is 0 Å². The van der Waals surface area contributed by atoms with Crippen LogP contribution in [0, 0.1) is 5.92 Å². The third-order valence-corrected chi connectivity index (χ3v) is 2.62. The summed E-state index contributed by atoms with van der Waals surface area (Å²) in [4.78, 5) is 19.8. The number of methoxy groups -OCH3 is 1. The van der Waals surface area contributed by atoms with Gasteiger partial charge in [-0.3, -0.25) is 4.79 Å². The minimum Gasteiger partial charge on any atom is -0.475 e. The summed E-state index contributed by atoms with van der Waals surface area (Å²) in [7, 11) is 1.39. The summed E-state index contributed by atoms with van der Waals surface area (Å²) in [6.07, 6.45) is -0.517. The Hall–Kier alpha value is -1.31. The van der Waals surface area contributed by atoms with Crippen LogP contribution in [0.25, 0.3) is 0 Å². The molecule has 0 aromatic carbocycles. The number of carboxylic acid groups (broad SMARTS) is 1. The summed E-state index contributed by atoms with van der Waals surface area (Å²) in [6.45, 7) is 0. The van der Waals surface area contributed by atoms with E-state index in [9.17, 15) is 18.0 Å². The number of ether oxygens (including phenoxy) is 1. The van der Waals surface area contributed by atoms with Crippen LogP contribution >= 0.6 is 0 Å². The highest BCUT2D eigenvalue weighted by Crippen LogP contribution is 2.27. The van der Waals surface area contributed by atoms with Crippen molar-refractivity contribution >= 4 is 11.9 Å². The first-order valence-corrected chi connectivity index (χ1v) is 5.33. The van der Waals surface area contributed by atoms with Gasteiger partial charge in [0.05, 0.1) is 7.11 Å². The molecule has 1 fully saturated rings. The number of hydrogen-bond acceptors (Lipinski definition) is 4. The zero-order valence-corrected chi connectivity index (χ0v) is 9.87. The molecule has 0 saturated heterocycles. The topological polar surface area (TPSA) is 89.6 Å². The van der Waals surface area contributed by atoms with E-state index in [1.54, 1.807) is 0 Å². The highest BCUT2D eigenvalue weighted by Gasteiger charge is 2.38. The number of rotatable bonds is 2. The zero-order chi connectivity index (χ0) is 14.3. The maximum absolute atomic E-state index is 11.0. The summed E-state index contributed by atoms with van der Waals surface area (Å²) in [5.41, 5.74) is 5.66. The first-order chi connectivity index (χ1) is 8.20. The number of hydrogen-bond donors (Lipinski definition) is 2. The maximum atomic E-state index is 11.0. The molecule has 106 valence electrons. The molecule has 5 nitrogen and oxygen atoms in total. The Morgan fingerprint density at radius 2 is 1.72 bits per heavy atom. The fourth-order valence-corrected chi connectivity index (χ4v) is 1.65. The summed E-state index contributed by atoms with van der Waals surface area (Å²) in [5, 5.41) is 7.12. The standard InChI is InChI=1S/C8H15NO2.C2HF3O2/c1-11-8(10)7(9)6-4-2-3-5-6;3-2(4,5)1(6)7/h6-7H,2-5,9H2,1H3;(H,6,7)/t7-;/m0./s1. The van der Waals surface area contributed by atoms with Crippen LogP contribution in [-0.4, -0.2) is 36.4 Å². The van der Waals surface area contributed by atoms with Gasteiger partial charge in [0.2, 0.25) is 0 Å². The molecule has 0 amide bonds. The predicted octanol–water partition coefficient (Wildman–Crippen LogP) is 1.31. The van der Waals surface area contributed by atoms with Gasteiger partial charge in [0.1, 0.15) is 6.04 Å². The van der Waals surface area contributed by atoms with Gasteiger partial charge in [-0.05, 0) is 18.8 Å². The van der Waals surface area contributed by atoms with Crippen molar-refractivity contribution < 1.29 is 32.6 Å². The molecule has 0 aromatic heterocycles. The van der Waals surface area contributed by atoms with Gasteiger partial charge in [-0.2, -0.15) is 13.2 Å². The van der Waals surface area contributed by atoms with Gasteiger partial charge in [-0.1, -0.05) is 12.8 Å².